The molecule has 2 heterocycles. The lowest BCUT2D eigenvalue weighted by molar-refractivity contribution is -0.134. The number of amides is 4. The zero-order valence-electron chi connectivity index (χ0n) is 15.8. The molecule has 2 atom stereocenters. The number of aromatic nitrogens is 1. The van der Waals surface area contributed by atoms with Crippen molar-refractivity contribution in [1.29, 1.82) is 0 Å². The lowest BCUT2D eigenvalue weighted by atomic mass is 10.0. The van der Waals surface area contributed by atoms with E-state index in [1.165, 1.54) is 5.38 Å². The lowest BCUT2D eigenvalue weighted by Gasteiger charge is -2.25. The minimum atomic E-state index is -1.21. The summed E-state index contributed by atoms with van der Waals surface area (Å²) in [7, 11) is 0. The Morgan fingerprint density at radius 2 is 1.97 bits per heavy atom. The van der Waals surface area contributed by atoms with Gasteiger partial charge >= 0.3 is 12.0 Å². The number of hydrogen-bond donors (Lipinski definition) is 3. The molecule has 152 valence electrons. The van der Waals surface area contributed by atoms with Crippen LogP contribution in [0.3, 0.4) is 0 Å². The first kappa shape index (κ1) is 20.5. The molecule has 1 aromatic carbocycles. The summed E-state index contributed by atoms with van der Waals surface area (Å²) in [4.78, 5) is 54.1. The molecular weight excluding hydrogens is 396 g/mol. The monoisotopic (exact) mass is 416 g/mol. The van der Waals surface area contributed by atoms with Crippen LogP contribution in [0.2, 0.25) is 0 Å². The number of carboxylic acid groups (broad SMARTS) is 1. The van der Waals surface area contributed by atoms with Crippen LogP contribution in [0.5, 0.6) is 0 Å². The molecule has 0 spiro atoms. The van der Waals surface area contributed by atoms with Crippen LogP contribution in [-0.4, -0.2) is 44.8 Å². The van der Waals surface area contributed by atoms with Gasteiger partial charge in [-0.25, -0.2) is 19.5 Å². The average molecular weight is 416 g/mol. The molecule has 2 unspecified atom stereocenters. The fraction of sp³-hybridized carbons (Fsp3) is 0.316. The summed E-state index contributed by atoms with van der Waals surface area (Å²) in [5.41, 5.74) is 0.438. The molecule has 1 aromatic heterocycles. The summed E-state index contributed by atoms with van der Waals surface area (Å²) in [5.74, 6) is -2.29. The van der Waals surface area contributed by atoms with Crippen molar-refractivity contribution in [1.82, 2.24) is 15.2 Å². The molecule has 29 heavy (non-hydrogen) atoms. The lowest BCUT2D eigenvalue weighted by Crippen LogP contribution is -2.48. The number of imide groups is 1. The first-order valence-corrected chi connectivity index (χ1v) is 9.84. The third kappa shape index (κ3) is 4.43. The Hall–Kier alpha value is -3.27. The second kappa shape index (κ2) is 8.39. The Morgan fingerprint density at radius 1 is 1.28 bits per heavy atom. The van der Waals surface area contributed by atoms with Gasteiger partial charge < -0.3 is 15.7 Å². The molecular formula is C19H20N4O5S. The van der Waals surface area contributed by atoms with E-state index >= 15 is 0 Å². The van der Waals surface area contributed by atoms with Gasteiger partial charge in [0.1, 0.15) is 12.1 Å². The van der Waals surface area contributed by atoms with Crippen LogP contribution in [0.15, 0.2) is 35.7 Å². The minimum Gasteiger partial charge on any atom is -0.476 e. The van der Waals surface area contributed by atoms with E-state index in [-0.39, 0.29) is 23.2 Å². The highest BCUT2D eigenvalue weighted by atomic mass is 32.1. The number of carbonyl (C=O) groups excluding carboxylic acids is 3. The van der Waals surface area contributed by atoms with Gasteiger partial charge in [0.2, 0.25) is 5.91 Å². The van der Waals surface area contributed by atoms with Crippen molar-refractivity contribution in [2.24, 2.45) is 5.92 Å². The number of aromatic carboxylic acids is 1. The molecule has 1 aliphatic heterocycles. The molecule has 10 heteroatoms. The molecule has 9 nitrogen and oxygen atoms in total. The zero-order valence-corrected chi connectivity index (χ0v) is 16.6. The smallest absolute Gasteiger partial charge is 0.355 e. The Labute approximate surface area is 170 Å². The number of rotatable bonds is 7. The van der Waals surface area contributed by atoms with E-state index in [1.807, 2.05) is 13.8 Å². The van der Waals surface area contributed by atoms with Gasteiger partial charge in [-0.1, -0.05) is 44.2 Å². The van der Waals surface area contributed by atoms with E-state index in [2.05, 4.69) is 15.6 Å². The highest BCUT2D eigenvalue weighted by Crippen LogP contribution is 2.27. The molecule has 4 amide bonds. The van der Waals surface area contributed by atoms with Crippen molar-refractivity contribution in [3.8, 4) is 0 Å². The fourth-order valence-electron chi connectivity index (χ4n) is 3.05. The van der Waals surface area contributed by atoms with E-state index in [4.69, 9.17) is 5.11 Å². The minimum absolute atomic E-state index is 0.0213. The Morgan fingerprint density at radius 3 is 2.55 bits per heavy atom. The van der Waals surface area contributed by atoms with E-state index < -0.39 is 35.9 Å². The number of anilines is 1. The van der Waals surface area contributed by atoms with Crippen LogP contribution in [0.25, 0.3) is 0 Å². The maximum atomic E-state index is 13.0. The zero-order chi connectivity index (χ0) is 21.1. The van der Waals surface area contributed by atoms with Gasteiger partial charge in [-0.2, -0.15) is 0 Å². The summed E-state index contributed by atoms with van der Waals surface area (Å²) in [6.07, 6.45) is 0.254. The largest absolute Gasteiger partial charge is 0.476 e. The average Bonchev–Trinajstić information content (AvgIpc) is 3.25. The summed E-state index contributed by atoms with van der Waals surface area (Å²) >= 11 is 0.956. The third-order valence-electron chi connectivity index (χ3n) is 4.37. The molecule has 0 saturated carbocycles. The van der Waals surface area contributed by atoms with Gasteiger partial charge in [0, 0.05) is 5.38 Å². The quantitative estimate of drug-likeness (QED) is 0.595. The van der Waals surface area contributed by atoms with Gasteiger partial charge in [-0.15, -0.1) is 11.3 Å². The van der Waals surface area contributed by atoms with E-state index in [1.54, 1.807) is 30.3 Å². The summed E-state index contributed by atoms with van der Waals surface area (Å²) < 4.78 is 0. The maximum absolute atomic E-state index is 13.0. The van der Waals surface area contributed by atoms with Crippen LogP contribution < -0.4 is 10.6 Å². The van der Waals surface area contributed by atoms with Gasteiger partial charge in [0.05, 0.1) is 0 Å². The predicted octanol–water partition coefficient (Wildman–Crippen LogP) is 2.49. The summed E-state index contributed by atoms with van der Waals surface area (Å²) in [5, 5.41) is 15.5. The van der Waals surface area contributed by atoms with Crippen molar-refractivity contribution in [3.63, 3.8) is 0 Å². The topological polar surface area (TPSA) is 129 Å². The highest BCUT2D eigenvalue weighted by molar-refractivity contribution is 7.14. The van der Waals surface area contributed by atoms with Crippen molar-refractivity contribution < 1.29 is 24.3 Å². The summed E-state index contributed by atoms with van der Waals surface area (Å²) in [6, 6.07) is 6.24. The van der Waals surface area contributed by atoms with Gasteiger partial charge in [-0.3, -0.25) is 9.59 Å². The predicted molar refractivity (Wildman–Crippen MR) is 106 cm³/mol. The first-order valence-electron chi connectivity index (χ1n) is 8.96. The molecule has 0 aliphatic carbocycles. The number of urea groups is 1. The van der Waals surface area contributed by atoms with Gasteiger partial charge in [0.15, 0.2) is 10.8 Å². The first-order chi connectivity index (χ1) is 13.8. The number of thiazole rings is 1. The van der Waals surface area contributed by atoms with Crippen molar-refractivity contribution in [3.05, 3.63) is 47.0 Å². The Balaban J connectivity index is 1.83. The van der Waals surface area contributed by atoms with Crippen LogP contribution in [-0.2, 0) is 9.59 Å². The number of nitrogens with one attached hydrogen (secondary N) is 2. The second-order valence-corrected chi connectivity index (χ2v) is 7.84. The number of hydrogen-bond acceptors (Lipinski definition) is 6. The molecule has 2 aromatic rings. The Kier molecular flexibility index (Phi) is 5.92. The SMILES string of the molecule is CC(C)CC(C(=O)Nc1nc(C(=O)O)cs1)N1C(=O)NC(c2ccccc2)C1=O. The van der Waals surface area contributed by atoms with Crippen LogP contribution in [0, 0.1) is 5.92 Å². The molecule has 0 radical (unpaired) electrons. The maximum Gasteiger partial charge on any atom is 0.355 e. The van der Waals surface area contributed by atoms with Gasteiger partial charge in [-0.05, 0) is 17.9 Å². The number of carbonyl (C=O) groups is 4. The van der Waals surface area contributed by atoms with Crippen LogP contribution >= 0.6 is 11.3 Å². The van der Waals surface area contributed by atoms with Crippen LogP contribution in [0.4, 0.5) is 9.93 Å². The third-order valence-corrected chi connectivity index (χ3v) is 5.12. The van der Waals surface area contributed by atoms with E-state index in [9.17, 15) is 19.2 Å². The number of benzene rings is 1. The molecule has 1 saturated heterocycles. The molecule has 3 N–H and O–H groups in total. The van der Waals surface area contributed by atoms with E-state index in [0.717, 1.165) is 16.2 Å². The van der Waals surface area contributed by atoms with E-state index in [0.29, 0.717) is 5.56 Å². The molecule has 0 bridgehead atoms. The van der Waals surface area contributed by atoms with Crippen molar-refractivity contribution >= 4 is 40.3 Å². The van der Waals surface area contributed by atoms with Crippen LogP contribution in [0.1, 0.15) is 42.4 Å². The van der Waals surface area contributed by atoms with Gasteiger partial charge in [0.25, 0.3) is 5.91 Å². The van der Waals surface area contributed by atoms with Crippen molar-refractivity contribution in [2.45, 2.75) is 32.4 Å². The standard InChI is InChI=1S/C19H20N4O5S/c1-10(2)8-13(15(24)22-18-20-12(9-29-18)17(26)27)23-16(25)14(21-19(23)28)11-6-4-3-5-7-11/h3-7,9-10,13-14H,8H2,1-2H3,(H,21,28)(H,26,27)(H,20,22,24). The highest BCUT2D eigenvalue weighted by Gasteiger charge is 2.45. The molecule has 3 rings (SSSR count). The Bertz CT molecular complexity index is 943. The molecule has 1 aliphatic rings. The number of carboxylic acids is 1. The summed E-state index contributed by atoms with van der Waals surface area (Å²) in [6.45, 7) is 3.75. The second-order valence-electron chi connectivity index (χ2n) is 6.98. The fourth-order valence-corrected chi connectivity index (χ4v) is 3.74. The number of nitrogens with zero attached hydrogens (tertiary/aromatic N) is 2. The molecule has 1 fully saturated rings. The van der Waals surface area contributed by atoms with Crippen molar-refractivity contribution in [2.75, 3.05) is 5.32 Å². The normalized spacial score (nSPS) is 17.3.